The van der Waals surface area contributed by atoms with Crippen LogP contribution in [0.2, 0.25) is 5.02 Å². The Hall–Kier alpha value is -2.36. The van der Waals surface area contributed by atoms with Crippen molar-refractivity contribution in [2.75, 3.05) is 6.54 Å². The van der Waals surface area contributed by atoms with Crippen LogP contribution in [0, 0.1) is 0 Å². The van der Waals surface area contributed by atoms with Crippen molar-refractivity contribution in [1.82, 2.24) is 5.32 Å². The lowest BCUT2D eigenvalue weighted by atomic mass is 10.0. The third kappa shape index (κ3) is 3.94. The van der Waals surface area contributed by atoms with E-state index < -0.39 is 0 Å². The number of carbonyl (C=O) groups excluding carboxylic acids is 1. The zero-order chi connectivity index (χ0) is 16.9. The van der Waals surface area contributed by atoms with Gasteiger partial charge in [-0.25, -0.2) is 0 Å². The monoisotopic (exact) mass is 338 g/mol. The number of nitrogens with two attached hydrogens (primary N) is 1. The lowest BCUT2D eigenvalue weighted by molar-refractivity contribution is -0.121. The molecule has 0 spiro atoms. The first-order valence-corrected chi connectivity index (χ1v) is 8.26. The van der Waals surface area contributed by atoms with E-state index in [0.29, 0.717) is 11.6 Å². The lowest BCUT2D eigenvalue weighted by Gasteiger charge is -2.18. The molecule has 1 atom stereocenters. The number of rotatable bonds is 5. The first-order chi connectivity index (χ1) is 11.7. The van der Waals surface area contributed by atoms with Gasteiger partial charge in [0.05, 0.1) is 12.5 Å². The van der Waals surface area contributed by atoms with Crippen molar-refractivity contribution in [3.05, 3.63) is 82.9 Å². The lowest BCUT2D eigenvalue weighted by Crippen LogP contribution is -2.34. The minimum atomic E-state index is -0.207. The number of fused-ring (bicyclic) bond motifs is 1. The minimum Gasteiger partial charge on any atom is -0.348 e. The van der Waals surface area contributed by atoms with Crippen molar-refractivity contribution in [3.8, 4) is 0 Å². The van der Waals surface area contributed by atoms with E-state index in [1.54, 1.807) is 12.1 Å². The molecule has 4 heteroatoms. The highest BCUT2D eigenvalue weighted by atomic mass is 35.5. The van der Waals surface area contributed by atoms with Gasteiger partial charge in [0, 0.05) is 11.6 Å². The molecule has 0 saturated heterocycles. The van der Waals surface area contributed by atoms with Gasteiger partial charge in [-0.3, -0.25) is 4.79 Å². The van der Waals surface area contributed by atoms with Gasteiger partial charge in [-0.1, -0.05) is 60.1 Å². The molecule has 24 heavy (non-hydrogen) atoms. The van der Waals surface area contributed by atoms with E-state index in [9.17, 15) is 4.79 Å². The van der Waals surface area contributed by atoms with Gasteiger partial charge >= 0.3 is 0 Å². The van der Waals surface area contributed by atoms with E-state index >= 15 is 0 Å². The minimum absolute atomic E-state index is 0.0686. The molecule has 0 saturated carbocycles. The summed E-state index contributed by atoms with van der Waals surface area (Å²) in [6, 6.07) is 21.4. The second-order valence-electron chi connectivity index (χ2n) is 5.77. The molecule has 3 rings (SSSR count). The Morgan fingerprint density at radius 3 is 2.54 bits per heavy atom. The van der Waals surface area contributed by atoms with Gasteiger partial charge in [0.25, 0.3) is 0 Å². The van der Waals surface area contributed by atoms with Crippen LogP contribution in [0.3, 0.4) is 0 Å². The van der Waals surface area contributed by atoms with Crippen molar-refractivity contribution in [2.45, 2.75) is 12.5 Å². The van der Waals surface area contributed by atoms with Crippen molar-refractivity contribution in [3.63, 3.8) is 0 Å². The highest BCUT2D eigenvalue weighted by Crippen LogP contribution is 2.20. The van der Waals surface area contributed by atoms with E-state index in [0.717, 1.165) is 16.5 Å². The quantitative estimate of drug-likeness (QED) is 0.742. The van der Waals surface area contributed by atoms with Crippen LogP contribution in [-0.2, 0) is 11.2 Å². The molecular weight excluding hydrogens is 320 g/mol. The Balaban J connectivity index is 1.74. The largest absolute Gasteiger partial charge is 0.348 e. The van der Waals surface area contributed by atoms with E-state index in [4.69, 9.17) is 17.3 Å². The zero-order valence-corrected chi connectivity index (χ0v) is 14.0. The molecule has 0 radical (unpaired) electrons. The fourth-order valence-corrected chi connectivity index (χ4v) is 2.99. The van der Waals surface area contributed by atoms with Crippen LogP contribution in [0.5, 0.6) is 0 Å². The van der Waals surface area contributed by atoms with E-state index in [1.165, 1.54) is 5.39 Å². The molecule has 1 unspecified atom stereocenters. The van der Waals surface area contributed by atoms with Gasteiger partial charge in [0.1, 0.15) is 0 Å². The van der Waals surface area contributed by atoms with Crippen molar-refractivity contribution in [2.24, 2.45) is 5.73 Å². The molecule has 0 aliphatic heterocycles. The Bertz CT molecular complexity index is 863. The molecule has 122 valence electrons. The summed E-state index contributed by atoms with van der Waals surface area (Å²) in [5.41, 5.74) is 7.77. The van der Waals surface area contributed by atoms with Crippen LogP contribution in [0.15, 0.2) is 66.7 Å². The van der Waals surface area contributed by atoms with E-state index in [2.05, 4.69) is 29.6 Å². The summed E-state index contributed by atoms with van der Waals surface area (Å²) in [4.78, 5) is 12.3. The molecule has 3 nitrogen and oxygen atoms in total. The number of hydrogen-bond acceptors (Lipinski definition) is 2. The van der Waals surface area contributed by atoms with Gasteiger partial charge in [0.2, 0.25) is 5.91 Å². The molecule has 0 aromatic heterocycles. The average molecular weight is 339 g/mol. The molecular formula is C20H19ClN2O. The molecule has 3 aromatic rings. The first kappa shape index (κ1) is 16.5. The maximum atomic E-state index is 12.3. The molecule has 0 heterocycles. The van der Waals surface area contributed by atoms with Gasteiger partial charge in [0.15, 0.2) is 0 Å². The van der Waals surface area contributed by atoms with Gasteiger partial charge in [-0.2, -0.15) is 0 Å². The topological polar surface area (TPSA) is 55.1 Å². The van der Waals surface area contributed by atoms with Crippen molar-refractivity contribution >= 4 is 28.3 Å². The molecule has 0 bridgehead atoms. The van der Waals surface area contributed by atoms with Gasteiger partial charge in [-0.15, -0.1) is 0 Å². The number of carbonyl (C=O) groups is 1. The zero-order valence-electron chi connectivity index (χ0n) is 13.2. The van der Waals surface area contributed by atoms with Gasteiger partial charge < -0.3 is 11.1 Å². The maximum Gasteiger partial charge on any atom is 0.224 e. The summed E-state index contributed by atoms with van der Waals surface area (Å²) in [5.74, 6) is -0.0686. The number of benzene rings is 3. The third-order valence-electron chi connectivity index (χ3n) is 4.00. The van der Waals surface area contributed by atoms with Crippen LogP contribution >= 0.6 is 11.6 Å². The predicted octanol–water partition coefficient (Wildman–Crippen LogP) is 3.85. The molecule has 3 N–H and O–H groups in total. The van der Waals surface area contributed by atoms with Gasteiger partial charge in [-0.05, 0) is 40.1 Å². The third-order valence-corrected chi connectivity index (χ3v) is 4.24. The van der Waals surface area contributed by atoms with E-state index in [1.807, 2.05) is 30.3 Å². The smallest absolute Gasteiger partial charge is 0.224 e. The van der Waals surface area contributed by atoms with E-state index in [-0.39, 0.29) is 18.4 Å². The average Bonchev–Trinajstić information content (AvgIpc) is 2.59. The fraction of sp³-hybridized carbons (Fsp3) is 0.150. The molecule has 0 fully saturated rings. The predicted molar refractivity (Wildman–Crippen MR) is 99.0 cm³/mol. The summed E-state index contributed by atoms with van der Waals surface area (Å²) >= 11 is 5.96. The second kappa shape index (κ2) is 7.47. The fourth-order valence-electron chi connectivity index (χ4n) is 2.78. The summed E-state index contributed by atoms with van der Waals surface area (Å²) in [6.07, 6.45) is 0.282. The summed E-state index contributed by atoms with van der Waals surface area (Å²) in [6.45, 7) is 0.347. The first-order valence-electron chi connectivity index (χ1n) is 7.88. The maximum absolute atomic E-state index is 12.3. The SMILES string of the molecule is NCC(NC(=O)Cc1cccc(Cl)c1)c1ccc2ccccc2c1. The number of hydrogen-bond donors (Lipinski definition) is 2. The molecule has 3 aromatic carbocycles. The van der Waals surface area contributed by atoms with Crippen molar-refractivity contribution in [1.29, 1.82) is 0 Å². The van der Waals surface area contributed by atoms with Crippen molar-refractivity contribution < 1.29 is 4.79 Å². The standard InChI is InChI=1S/C20H19ClN2O/c21-18-7-3-4-14(10-18)11-20(24)23-19(13-22)17-9-8-15-5-1-2-6-16(15)12-17/h1-10,12,19H,11,13,22H2,(H,23,24). The Labute approximate surface area is 146 Å². The Morgan fingerprint density at radius 2 is 1.79 bits per heavy atom. The highest BCUT2D eigenvalue weighted by Gasteiger charge is 2.14. The Kier molecular flexibility index (Phi) is 5.14. The van der Waals surface area contributed by atoms with Crippen LogP contribution in [0.25, 0.3) is 10.8 Å². The summed E-state index contributed by atoms with van der Waals surface area (Å²) in [7, 11) is 0. The molecule has 1 amide bonds. The highest BCUT2D eigenvalue weighted by molar-refractivity contribution is 6.30. The van der Waals surface area contributed by atoms with Crippen LogP contribution in [0.1, 0.15) is 17.2 Å². The second-order valence-corrected chi connectivity index (χ2v) is 6.21. The van der Waals surface area contributed by atoms with Crippen LogP contribution in [0.4, 0.5) is 0 Å². The molecule has 0 aliphatic carbocycles. The number of amides is 1. The normalized spacial score (nSPS) is 12.1. The molecule has 0 aliphatic rings. The number of nitrogens with one attached hydrogen (secondary N) is 1. The summed E-state index contributed by atoms with van der Waals surface area (Å²) < 4.78 is 0. The van der Waals surface area contributed by atoms with Crippen LogP contribution < -0.4 is 11.1 Å². The Morgan fingerprint density at radius 1 is 1.00 bits per heavy atom. The summed E-state index contributed by atoms with van der Waals surface area (Å²) in [5, 5.41) is 5.94. The van der Waals surface area contributed by atoms with Crippen LogP contribution in [-0.4, -0.2) is 12.5 Å². The number of halogens is 1.